The number of hydrogen-bond donors (Lipinski definition) is 3. The monoisotopic (exact) mass is 475 g/mol. The molecule has 3 heteroatoms. The number of benzene rings is 6. The van der Waals surface area contributed by atoms with Crippen LogP contribution in [-0.2, 0) is 0 Å². The van der Waals surface area contributed by atoms with E-state index >= 15 is 0 Å². The predicted octanol–water partition coefficient (Wildman–Crippen LogP) is 8.25. The van der Waals surface area contributed by atoms with E-state index in [2.05, 4.69) is 72.8 Å². The van der Waals surface area contributed by atoms with Crippen LogP contribution < -0.4 is 5.73 Å². The van der Waals surface area contributed by atoms with Gasteiger partial charge in [0.05, 0.1) is 11.4 Å². The van der Waals surface area contributed by atoms with Gasteiger partial charge in [-0.3, -0.25) is 10.8 Å². The molecular weight excluding hydrogens is 450 g/mol. The first kappa shape index (κ1) is 22.4. The molecule has 0 radical (unpaired) electrons. The molecule has 0 spiro atoms. The van der Waals surface area contributed by atoms with Crippen molar-refractivity contribution in [3.05, 3.63) is 144 Å². The maximum absolute atomic E-state index is 8.32. The number of nitrogens with two attached hydrogens (primary N) is 1. The molecule has 0 aromatic heterocycles. The van der Waals surface area contributed by atoms with Gasteiger partial charge in [-0.1, -0.05) is 109 Å². The highest BCUT2D eigenvalue weighted by Crippen LogP contribution is 2.39. The number of anilines is 1. The molecule has 6 aromatic rings. The van der Waals surface area contributed by atoms with Crippen molar-refractivity contribution in [1.82, 2.24) is 0 Å². The first-order valence-corrected chi connectivity index (χ1v) is 12.2. The minimum atomic E-state index is 0.260. The van der Waals surface area contributed by atoms with Gasteiger partial charge in [-0.05, 0) is 61.8 Å². The highest BCUT2D eigenvalue weighted by molar-refractivity contribution is 6.53. The SMILES string of the molecule is N=C1C=C(c2c3ccccc3cc3ccccc23)c2ccccc2C1=N.Nc1cccc2ccccc12. The molecule has 7 rings (SSSR count). The van der Waals surface area contributed by atoms with Crippen LogP contribution in [0, 0.1) is 10.8 Å². The summed E-state index contributed by atoms with van der Waals surface area (Å²) in [5.74, 6) is 0. The molecule has 0 amide bonds. The van der Waals surface area contributed by atoms with E-state index in [0.717, 1.165) is 33.3 Å². The highest BCUT2D eigenvalue weighted by Gasteiger charge is 2.23. The van der Waals surface area contributed by atoms with E-state index < -0.39 is 0 Å². The minimum absolute atomic E-state index is 0.260. The molecule has 1 aliphatic rings. The van der Waals surface area contributed by atoms with Gasteiger partial charge in [0.1, 0.15) is 0 Å². The van der Waals surface area contributed by atoms with Crippen molar-refractivity contribution in [2.24, 2.45) is 0 Å². The highest BCUT2D eigenvalue weighted by atomic mass is 14.5. The Balaban J connectivity index is 0.000000191. The number of nitrogen functional groups attached to an aromatic ring is 1. The van der Waals surface area contributed by atoms with E-state index in [0.29, 0.717) is 0 Å². The molecule has 0 atom stereocenters. The standard InChI is InChI=1S/C24H16N2.C10H9N/c25-22-14-21(19-11-5-6-12-20(19)24(22)26)23-17-9-3-1-7-15(17)13-16-8-2-4-10-18(16)23;11-10-7-3-5-8-4-1-2-6-9(8)10/h1-14,25-26H;1-7H,11H2. The Morgan fingerprint density at radius 3 is 1.65 bits per heavy atom. The van der Waals surface area contributed by atoms with E-state index in [1.54, 1.807) is 0 Å². The third kappa shape index (κ3) is 3.97. The van der Waals surface area contributed by atoms with Crippen LogP contribution in [0.4, 0.5) is 5.69 Å². The molecule has 0 aliphatic heterocycles. The maximum atomic E-state index is 8.32. The second kappa shape index (κ2) is 9.21. The maximum Gasteiger partial charge on any atom is 0.0867 e. The van der Waals surface area contributed by atoms with Crippen LogP contribution >= 0.6 is 0 Å². The van der Waals surface area contributed by atoms with E-state index in [4.69, 9.17) is 16.6 Å². The van der Waals surface area contributed by atoms with Gasteiger partial charge in [0.2, 0.25) is 0 Å². The largest absolute Gasteiger partial charge is 0.398 e. The molecule has 1 aliphatic carbocycles. The number of rotatable bonds is 1. The van der Waals surface area contributed by atoms with Gasteiger partial charge < -0.3 is 5.73 Å². The van der Waals surface area contributed by atoms with Crippen molar-refractivity contribution in [2.75, 3.05) is 5.73 Å². The Labute approximate surface area is 215 Å². The lowest BCUT2D eigenvalue weighted by Crippen LogP contribution is -2.18. The molecule has 6 aromatic carbocycles. The van der Waals surface area contributed by atoms with Gasteiger partial charge in [0.25, 0.3) is 0 Å². The van der Waals surface area contributed by atoms with Gasteiger partial charge >= 0.3 is 0 Å². The summed E-state index contributed by atoms with van der Waals surface area (Å²) in [4.78, 5) is 0. The summed E-state index contributed by atoms with van der Waals surface area (Å²) in [5.41, 5.74) is 11.2. The Bertz CT molecular complexity index is 1820. The van der Waals surface area contributed by atoms with Crippen LogP contribution in [0.25, 0.3) is 37.9 Å². The van der Waals surface area contributed by atoms with Gasteiger partial charge in [0.15, 0.2) is 0 Å². The van der Waals surface area contributed by atoms with Crippen molar-refractivity contribution in [1.29, 1.82) is 10.8 Å². The molecule has 176 valence electrons. The fourth-order valence-corrected chi connectivity index (χ4v) is 5.14. The van der Waals surface area contributed by atoms with E-state index in [9.17, 15) is 0 Å². The average molecular weight is 476 g/mol. The van der Waals surface area contributed by atoms with Crippen LogP contribution in [0.15, 0.2) is 127 Å². The zero-order chi connectivity index (χ0) is 25.4. The summed E-state index contributed by atoms with van der Waals surface area (Å²) in [6.45, 7) is 0. The second-order valence-electron chi connectivity index (χ2n) is 9.15. The summed E-state index contributed by atoms with van der Waals surface area (Å²) < 4.78 is 0. The quantitative estimate of drug-likeness (QED) is 0.163. The van der Waals surface area contributed by atoms with E-state index in [-0.39, 0.29) is 11.4 Å². The Morgan fingerprint density at radius 2 is 1.00 bits per heavy atom. The van der Waals surface area contributed by atoms with Gasteiger partial charge in [-0.25, -0.2) is 0 Å². The summed E-state index contributed by atoms with van der Waals surface area (Å²) in [7, 11) is 0. The average Bonchev–Trinajstić information content (AvgIpc) is 2.94. The molecule has 0 bridgehead atoms. The molecule has 4 N–H and O–H groups in total. The molecule has 3 nitrogen and oxygen atoms in total. The van der Waals surface area contributed by atoms with Crippen LogP contribution in [0.3, 0.4) is 0 Å². The summed E-state index contributed by atoms with van der Waals surface area (Å²) in [6.07, 6.45) is 1.85. The predicted molar refractivity (Wildman–Crippen MR) is 158 cm³/mol. The first-order chi connectivity index (χ1) is 18.1. The Kier molecular flexibility index (Phi) is 5.59. The zero-order valence-corrected chi connectivity index (χ0v) is 20.2. The summed E-state index contributed by atoms with van der Waals surface area (Å²) >= 11 is 0. The molecule has 0 fully saturated rings. The lowest BCUT2D eigenvalue weighted by Gasteiger charge is -2.22. The second-order valence-corrected chi connectivity index (χ2v) is 9.15. The smallest absolute Gasteiger partial charge is 0.0867 e. The third-order valence-corrected chi connectivity index (χ3v) is 6.91. The normalized spacial score (nSPS) is 12.7. The lowest BCUT2D eigenvalue weighted by atomic mass is 9.81. The van der Waals surface area contributed by atoms with Gasteiger partial charge in [-0.15, -0.1) is 0 Å². The molecule has 0 heterocycles. The molecule has 37 heavy (non-hydrogen) atoms. The first-order valence-electron chi connectivity index (χ1n) is 12.2. The molecule has 0 unspecified atom stereocenters. The zero-order valence-electron chi connectivity index (χ0n) is 20.2. The third-order valence-electron chi connectivity index (χ3n) is 6.91. The van der Waals surface area contributed by atoms with Crippen molar-refractivity contribution >= 4 is 55.0 Å². The van der Waals surface area contributed by atoms with Gasteiger partial charge in [0, 0.05) is 16.6 Å². The van der Waals surface area contributed by atoms with Crippen LogP contribution in [0.2, 0.25) is 0 Å². The molecular formula is C34H25N3. The van der Waals surface area contributed by atoms with Crippen molar-refractivity contribution in [3.63, 3.8) is 0 Å². The van der Waals surface area contributed by atoms with Crippen LogP contribution in [-0.4, -0.2) is 11.4 Å². The van der Waals surface area contributed by atoms with Crippen molar-refractivity contribution in [2.45, 2.75) is 0 Å². The Hall–Kier alpha value is -5.02. The van der Waals surface area contributed by atoms with E-state index in [1.807, 2.05) is 54.6 Å². The topological polar surface area (TPSA) is 73.7 Å². The Morgan fingerprint density at radius 1 is 0.486 bits per heavy atom. The molecule has 0 saturated carbocycles. The number of allylic oxidation sites excluding steroid dienone is 1. The molecule has 0 saturated heterocycles. The van der Waals surface area contributed by atoms with Crippen molar-refractivity contribution in [3.8, 4) is 0 Å². The number of fused-ring (bicyclic) bond motifs is 4. The van der Waals surface area contributed by atoms with Gasteiger partial charge in [-0.2, -0.15) is 0 Å². The minimum Gasteiger partial charge on any atom is -0.398 e. The van der Waals surface area contributed by atoms with Crippen molar-refractivity contribution < 1.29 is 0 Å². The van der Waals surface area contributed by atoms with Crippen LogP contribution in [0.5, 0.6) is 0 Å². The lowest BCUT2D eigenvalue weighted by molar-refractivity contribution is 1.44. The summed E-state index contributed by atoms with van der Waals surface area (Å²) in [6, 6.07) is 41.0. The number of hydrogen-bond acceptors (Lipinski definition) is 3. The fourth-order valence-electron chi connectivity index (χ4n) is 5.14. The van der Waals surface area contributed by atoms with Crippen LogP contribution in [0.1, 0.15) is 16.7 Å². The fraction of sp³-hybridized carbons (Fsp3) is 0. The number of nitrogens with one attached hydrogen (secondary N) is 2. The summed E-state index contributed by atoms with van der Waals surface area (Å²) in [5, 5.41) is 23.7. The van der Waals surface area contributed by atoms with E-state index in [1.165, 1.54) is 26.9 Å².